The fourth-order valence-electron chi connectivity index (χ4n) is 12.5. The van der Waals surface area contributed by atoms with E-state index >= 15 is 8.78 Å². The molecule has 4 fully saturated rings. The number of carbonyl (C=O) groups is 4. The lowest BCUT2D eigenvalue weighted by Crippen LogP contribution is -2.61. The number of phenols is 1. The summed E-state index contributed by atoms with van der Waals surface area (Å²) in [7, 11) is 0. The molecular formula is C60H72F2N10O6. The van der Waals surface area contributed by atoms with Crippen LogP contribution >= 0.6 is 0 Å². The molecule has 1 aliphatic carbocycles. The van der Waals surface area contributed by atoms with E-state index in [0.717, 1.165) is 89.3 Å². The zero-order valence-corrected chi connectivity index (χ0v) is 45.6. The third kappa shape index (κ3) is 10.8. The van der Waals surface area contributed by atoms with Crippen LogP contribution in [0.1, 0.15) is 107 Å². The number of pyridine rings is 1. The summed E-state index contributed by atoms with van der Waals surface area (Å²) >= 11 is 0. The number of piperidine rings is 1. The monoisotopic (exact) mass is 1070 g/mol. The highest BCUT2D eigenvalue weighted by Gasteiger charge is 2.46. The number of nitrogens with zero attached hydrogens (tertiary/aromatic N) is 9. The molecule has 3 saturated heterocycles. The molecule has 2 N–H and O–H groups in total. The summed E-state index contributed by atoms with van der Waals surface area (Å²) in [4.78, 5) is 78.3. The van der Waals surface area contributed by atoms with Crippen molar-refractivity contribution in [1.29, 1.82) is 0 Å². The molecule has 4 amide bonds. The van der Waals surface area contributed by atoms with Crippen LogP contribution in [-0.4, -0.2) is 154 Å². The van der Waals surface area contributed by atoms with Crippen molar-refractivity contribution in [3.05, 3.63) is 77.0 Å². The summed E-state index contributed by atoms with van der Waals surface area (Å²) in [5.41, 5.74) is 2.39. The number of amides is 4. The van der Waals surface area contributed by atoms with Gasteiger partial charge in [0.2, 0.25) is 18.2 Å². The van der Waals surface area contributed by atoms with Crippen molar-refractivity contribution in [2.75, 3.05) is 81.9 Å². The number of aromatic nitrogens is 3. The first-order valence-electron chi connectivity index (χ1n) is 28.0. The molecule has 2 aromatic heterocycles. The highest BCUT2D eigenvalue weighted by molar-refractivity contribution is 6.04. The number of ether oxygens (including phenoxy) is 1. The molecule has 78 heavy (non-hydrogen) atoms. The van der Waals surface area contributed by atoms with Gasteiger partial charge in [-0.2, -0.15) is 9.97 Å². The third-order valence-corrected chi connectivity index (χ3v) is 17.1. The summed E-state index contributed by atoms with van der Waals surface area (Å²) in [5, 5.41) is 14.1. The van der Waals surface area contributed by atoms with Crippen LogP contribution in [0.15, 0.2) is 48.7 Å². The van der Waals surface area contributed by atoms with E-state index < -0.39 is 23.6 Å². The number of hydrogen-bond donors (Lipinski definition) is 2. The second-order valence-electron chi connectivity index (χ2n) is 22.6. The van der Waals surface area contributed by atoms with Crippen LogP contribution in [0.4, 0.5) is 20.3 Å². The molecule has 3 atom stereocenters. The molecule has 412 valence electrons. The Labute approximate surface area is 455 Å². The van der Waals surface area contributed by atoms with E-state index in [2.05, 4.69) is 55.7 Å². The van der Waals surface area contributed by atoms with Gasteiger partial charge >= 0.3 is 6.01 Å². The van der Waals surface area contributed by atoms with Crippen molar-refractivity contribution in [2.24, 2.45) is 17.3 Å². The van der Waals surface area contributed by atoms with Crippen molar-refractivity contribution in [2.45, 2.75) is 111 Å². The van der Waals surface area contributed by atoms with Gasteiger partial charge in [-0.1, -0.05) is 53.0 Å². The second kappa shape index (κ2) is 22.8. The summed E-state index contributed by atoms with van der Waals surface area (Å²) in [6.45, 7) is 19.1. The molecule has 18 heteroatoms. The molecule has 10 rings (SSSR count). The Morgan fingerprint density at radius 1 is 0.936 bits per heavy atom. The van der Waals surface area contributed by atoms with E-state index in [1.807, 2.05) is 37.8 Å². The SMILES string of the molecule is C#Cc1c(F)ccc2cc(O)cc(-c3ncc4c(N5CC(CC)N(C(=O)C(C)C)C(CC)C5)nc(OCC5(CN6CCN(CC7CCN(c8ccc9c(c8)CN(C(CCC)C(=O)NC=O)C9=O)CC7)CC6)CC5)nc4c3F)c12. The predicted molar refractivity (Wildman–Crippen MR) is 296 cm³/mol. The van der Waals surface area contributed by atoms with Gasteiger partial charge in [-0.05, 0) is 98.2 Å². The second-order valence-corrected chi connectivity index (χ2v) is 22.6. The van der Waals surface area contributed by atoms with Gasteiger partial charge in [0.25, 0.3) is 5.91 Å². The van der Waals surface area contributed by atoms with Crippen LogP contribution in [-0.2, 0) is 20.9 Å². The molecular weight excluding hydrogens is 995 g/mol. The van der Waals surface area contributed by atoms with Gasteiger partial charge < -0.3 is 39.2 Å². The number of anilines is 2. The maximum Gasteiger partial charge on any atom is 0.319 e. The molecule has 5 aliphatic rings. The number of aromatic hydroxyl groups is 1. The smallest absolute Gasteiger partial charge is 0.319 e. The van der Waals surface area contributed by atoms with Gasteiger partial charge in [-0.3, -0.25) is 29.5 Å². The number of fused-ring (bicyclic) bond motifs is 3. The van der Waals surface area contributed by atoms with Crippen LogP contribution in [0.3, 0.4) is 0 Å². The molecule has 0 bridgehead atoms. The maximum atomic E-state index is 17.5. The van der Waals surface area contributed by atoms with Gasteiger partial charge in [-0.15, -0.1) is 6.42 Å². The van der Waals surface area contributed by atoms with Gasteiger partial charge in [-0.25, -0.2) is 8.78 Å². The molecule has 1 saturated carbocycles. The Morgan fingerprint density at radius 2 is 1.65 bits per heavy atom. The van der Waals surface area contributed by atoms with Crippen LogP contribution in [0.5, 0.6) is 11.8 Å². The average Bonchev–Trinajstić information content (AvgIpc) is 4.22. The Bertz CT molecular complexity index is 3130. The Kier molecular flexibility index (Phi) is 15.9. The van der Waals surface area contributed by atoms with E-state index in [1.165, 1.54) is 30.5 Å². The number of carbonyl (C=O) groups excluding carboxylic acids is 4. The minimum Gasteiger partial charge on any atom is -0.508 e. The lowest BCUT2D eigenvalue weighted by atomic mass is 9.95. The molecule has 3 aromatic carbocycles. The van der Waals surface area contributed by atoms with E-state index in [4.69, 9.17) is 21.1 Å². The van der Waals surface area contributed by atoms with Crippen LogP contribution in [0, 0.1) is 41.2 Å². The number of nitrogens with one attached hydrogen (secondary N) is 1. The first kappa shape index (κ1) is 54.4. The van der Waals surface area contributed by atoms with Crippen molar-refractivity contribution in [3.8, 4) is 35.4 Å². The van der Waals surface area contributed by atoms with Crippen LogP contribution < -0.4 is 19.9 Å². The predicted octanol–water partition coefficient (Wildman–Crippen LogP) is 7.76. The topological polar surface area (TPSA) is 168 Å². The summed E-state index contributed by atoms with van der Waals surface area (Å²) in [5.74, 6) is 1.16. The molecule has 3 unspecified atom stereocenters. The van der Waals surface area contributed by atoms with Crippen molar-refractivity contribution in [1.82, 2.24) is 39.9 Å². The highest BCUT2D eigenvalue weighted by Crippen LogP contribution is 2.47. The van der Waals surface area contributed by atoms with Gasteiger partial charge in [0.15, 0.2) is 5.82 Å². The molecule has 5 aromatic rings. The quantitative estimate of drug-likeness (QED) is 0.0646. The van der Waals surface area contributed by atoms with E-state index in [0.29, 0.717) is 86.4 Å². The van der Waals surface area contributed by atoms with Crippen molar-refractivity contribution >= 4 is 57.3 Å². The highest BCUT2D eigenvalue weighted by atomic mass is 19.1. The van der Waals surface area contributed by atoms with Crippen molar-refractivity contribution < 1.29 is 37.8 Å². The standard InChI is InChI=1S/C60H72F2N10O6/c1-7-11-50(56(75)64-36-73)71-31-40-26-43(13-14-46(40)58(71)77)69-20-16-38(17-21-69)30-67-22-24-68(25-23-67)34-60(18-19-60)35-78-59-65-54-48(55(66-59)70-32-41(8-2)72(42(9-3)33-70)57(76)37(5)6)29-63-53(52(54)62)47-28-44(74)27-39-12-15-49(61)45(10-4)51(39)47/h4,12-15,26-29,36-38,41-42,50,74H,7-9,11,16-25,30-35H2,1-3,5-6H3,(H,64,73,75). The number of hydrogen-bond acceptors (Lipinski definition) is 13. The number of imide groups is 1. The zero-order valence-electron chi connectivity index (χ0n) is 45.6. The largest absolute Gasteiger partial charge is 0.508 e. The maximum absolute atomic E-state index is 17.5. The summed E-state index contributed by atoms with van der Waals surface area (Å²) in [6, 6.07) is 10.6. The first-order chi connectivity index (χ1) is 37.7. The Balaban J connectivity index is 0.805. The average molecular weight is 1070 g/mol. The van der Waals surface area contributed by atoms with Crippen molar-refractivity contribution in [3.63, 3.8) is 0 Å². The molecule has 4 aliphatic heterocycles. The Hall–Kier alpha value is -6.97. The number of halogens is 2. The first-order valence-corrected chi connectivity index (χ1v) is 28.0. The van der Waals surface area contributed by atoms with E-state index in [9.17, 15) is 24.3 Å². The molecule has 0 spiro atoms. The Morgan fingerprint density at radius 3 is 2.31 bits per heavy atom. The molecule has 6 heterocycles. The molecule has 0 radical (unpaired) electrons. The number of phenolic OH excluding ortho intramolecular Hbond substituents is 1. The lowest BCUT2D eigenvalue weighted by molar-refractivity contribution is -0.140. The normalized spacial score (nSPS) is 20.3. The fourth-order valence-corrected chi connectivity index (χ4v) is 12.5. The van der Waals surface area contributed by atoms with Crippen LogP contribution in [0.25, 0.3) is 32.9 Å². The zero-order chi connectivity index (χ0) is 55.0. The van der Waals surface area contributed by atoms with E-state index in [-0.39, 0.29) is 74.7 Å². The minimum atomic E-state index is -0.786. The van der Waals surface area contributed by atoms with Gasteiger partial charge in [0.05, 0.1) is 17.6 Å². The lowest BCUT2D eigenvalue weighted by Gasteiger charge is -2.47. The van der Waals surface area contributed by atoms with Gasteiger partial charge in [0, 0.05) is 124 Å². The van der Waals surface area contributed by atoms with E-state index in [1.54, 1.807) is 4.90 Å². The van der Waals surface area contributed by atoms with Crippen LogP contribution in [0.2, 0.25) is 0 Å². The minimum absolute atomic E-state index is 0.0292. The fraction of sp³-hybridized carbons (Fsp3) is 0.517. The number of benzene rings is 3. The number of terminal acetylenes is 1. The summed E-state index contributed by atoms with van der Waals surface area (Å²) < 4.78 is 39.3. The van der Waals surface area contributed by atoms with Gasteiger partial charge in [0.1, 0.15) is 34.6 Å². The third-order valence-electron chi connectivity index (χ3n) is 17.1. The number of piperazine rings is 2. The summed E-state index contributed by atoms with van der Waals surface area (Å²) in [6.07, 6.45) is 14.4. The molecule has 16 nitrogen and oxygen atoms in total. The number of rotatable bonds is 18.